The van der Waals surface area contributed by atoms with Crippen LogP contribution in [0.1, 0.15) is 5.56 Å². The highest BCUT2D eigenvalue weighted by atomic mass is 35.5. The van der Waals surface area contributed by atoms with Gasteiger partial charge in [-0.05, 0) is 24.3 Å². The van der Waals surface area contributed by atoms with Crippen LogP contribution in [0.5, 0.6) is 5.75 Å². The summed E-state index contributed by atoms with van der Waals surface area (Å²) in [6, 6.07) is 5.83. The number of rotatable bonds is 3. The van der Waals surface area contributed by atoms with Crippen LogP contribution in [0, 0.1) is 17.5 Å². The minimum absolute atomic E-state index is 0.231. The Bertz CT molecular complexity index is 619. The highest BCUT2D eigenvalue weighted by Gasteiger charge is 2.12. The summed E-state index contributed by atoms with van der Waals surface area (Å²) in [5.74, 6) is -3.03. The van der Waals surface area contributed by atoms with E-state index in [9.17, 15) is 13.2 Å². The first-order chi connectivity index (χ1) is 8.97. The third kappa shape index (κ3) is 3.12. The van der Waals surface area contributed by atoms with Crippen molar-refractivity contribution in [1.82, 2.24) is 0 Å². The summed E-state index contributed by atoms with van der Waals surface area (Å²) in [5, 5.41) is 0.234. The van der Waals surface area contributed by atoms with Crippen LogP contribution >= 0.6 is 11.6 Å². The fraction of sp³-hybridized carbons (Fsp3) is 0.0769. The Hall–Kier alpha value is -1.88. The van der Waals surface area contributed by atoms with Crippen molar-refractivity contribution < 1.29 is 17.9 Å². The number of halogens is 4. The van der Waals surface area contributed by atoms with E-state index in [0.29, 0.717) is 11.8 Å². The number of anilines is 1. The molecule has 0 spiro atoms. The Labute approximate surface area is 112 Å². The van der Waals surface area contributed by atoms with Gasteiger partial charge in [-0.1, -0.05) is 11.6 Å². The summed E-state index contributed by atoms with van der Waals surface area (Å²) in [7, 11) is 0. The first-order valence-electron chi connectivity index (χ1n) is 5.28. The van der Waals surface area contributed by atoms with Crippen LogP contribution in [0.3, 0.4) is 0 Å². The molecule has 0 amide bonds. The molecule has 0 radical (unpaired) electrons. The van der Waals surface area contributed by atoms with E-state index in [1.807, 2.05) is 0 Å². The summed E-state index contributed by atoms with van der Waals surface area (Å²) < 4.78 is 44.5. The van der Waals surface area contributed by atoms with Gasteiger partial charge in [-0.2, -0.15) is 0 Å². The molecule has 0 fully saturated rings. The summed E-state index contributed by atoms with van der Waals surface area (Å²) in [6.45, 7) is -0.343. The lowest BCUT2D eigenvalue weighted by atomic mass is 10.2. The molecule has 2 rings (SSSR count). The average Bonchev–Trinajstić information content (AvgIpc) is 2.33. The molecular weight excluding hydrogens is 279 g/mol. The lowest BCUT2D eigenvalue weighted by Gasteiger charge is -2.09. The van der Waals surface area contributed by atoms with Gasteiger partial charge in [0.2, 0.25) is 0 Å². The zero-order valence-electron chi connectivity index (χ0n) is 9.59. The summed E-state index contributed by atoms with van der Waals surface area (Å²) in [4.78, 5) is 0. The van der Waals surface area contributed by atoms with E-state index in [1.165, 1.54) is 12.1 Å². The van der Waals surface area contributed by atoms with E-state index in [2.05, 4.69) is 0 Å². The first-order valence-corrected chi connectivity index (χ1v) is 5.66. The molecule has 2 nitrogen and oxygen atoms in total. The van der Waals surface area contributed by atoms with Gasteiger partial charge in [0.1, 0.15) is 18.2 Å². The molecule has 2 N–H and O–H groups in total. The highest BCUT2D eigenvalue weighted by Crippen LogP contribution is 2.27. The largest absolute Gasteiger partial charge is 0.487 e. The summed E-state index contributed by atoms with van der Waals surface area (Å²) >= 11 is 5.85. The van der Waals surface area contributed by atoms with Crippen molar-refractivity contribution in [1.29, 1.82) is 0 Å². The van der Waals surface area contributed by atoms with Crippen molar-refractivity contribution in [3.05, 3.63) is 58.4 Å². The molecule has 0 unspecified atom stereocenters. The molecule has 100 valence electrons. The van der Waals surface area contributed by atoms with Gasteiger partial charge in [0.05, 0.1) is 5.02 Å². The molecule has 2 aromatic rings. The van der Waals surface area contributed by atoms with E-state index in [0.717, 1.165) is 6.07 Å². The van der Waals surface area contributed by atoms with Crippen molar-refractivity contribution in [2.45, 2.75) is 6.61 Å². The standard InChI is InChI=1S/C13H9ClF3NO/c14-10-5-9(18)1-2-12(10)19-6-7-3-8(15)4-11(16)13(7)17/h1-5H,6,18H2. The number of benzene rings is 2. The Morgan fingerprint density at radius 3 is 2.53 bits per heavy atom. The van der Waals surface area contributed by atoms with Gasteiger partial charge in [0, 0.05) is 17.3 Å². The zero-order valence-corrected chi connectivity index (χ0v) is 10.3. The van der Waals surface area contributed by atoms with Crippen LogP contribution < -0.4 is 10.5 Å². The van der Waals surface area contributed by atoms with Crippen LogP contribution in [0.4, 0.5) is 18.9 Å². The minimum Gasteiger partial charge on any atom is -0.487 e. The van der Waals surface area contributed by atoms with Gasteiger partial charge in [-0.3, -0.25) is 0 Å². The van der Waals surface area contributed by atoms with Crippen molar-refractivity contribution in [2.75, 3.05) is 5.73 Å². The second kappa shape index (κ2) is 5.40. The number of ether oxygens (including phenoxy) is 1. The monoisotopic (exact) mass is 287 g/mol. The van der Waals surface area contributed by atoms with Crippen molar-refractivity contribution in [3.8, 4) is 5.75 Å². The normalized spacial score (nSPS) is 10.5. The zero-order chi connectivity index (χ0) is 14.0. The van der Waals surface area contributed by atoms with Crippen molar-refractivity contribution in [3.63, 3.8) is 0 Å². The highest BCUT2D eigenvalue weighted by molar-refractivity contribution is 6.32. The molecule has 0 heterocycles. The molecule has 0 bridgehead atoms. The molecule has 0 saturated carbocycles. The molecule has 0 aliphatic rings. The van der Waals surface area contributed by atoms with E-state index >= 15 is 0 Å². The Kier molecular flexibility index (Phi) is 3.85. The summed E-state index contributed by atoms with van der Waals surface area (Å²) in [6.07, 6.45) is 0. The second-order valence-corrected chi connectivity index (χ2v) is 4.25. The Morgan fingerprint density at radius 1 is 1.11 bits per heavy atom. The quantitative estimate of drug-likeness (QED) is 0.686. The van der Waals surface area contributed by atoms with E-state index in [1.54, 1.807) is 6.07 Å². The first kappa shape index (κ1) is 13.5. The van der Waals surface area contributed by atoms with Crippen molar-refractivity contribution in [2.24, 2.45) is 0 Å². The van der Waals surface area contributed by atoms with Crippen LogP contribution in [0.25, 0.3) is 0 Å². The predicted molar refractivity (Wildman–Crippen MR) is 66.5 cm³/mol. The maximum Gasteiger partial charge on any atom is 0.165 e. The average molecular weight is 288 g/mol. The van der Waals surface area contributed by atoms with Crippen LogP contribution in [0.2, 0.25) is 5.02 Å². The van der Waals surface area contributed by atoms with Gasteiger partial charge in [-0.15, -0.1) is 0 Å². The predicted octanol–water partition coefficient (Wildman–Crippen LogP) is 3.92. The molecular formula is C13H9ClF3NO. The summed E-state index contributed by atoms with van der Waals surface area (Å²) in [5.41, 5.74) is 5.71. The number of nitrogens with two attached hydrogens (primary N) is 1. The molecule has 2 aromatic carbocycles. The molecule has 0 aromatic heterocycles. The maximum atomic E-state index is 13.4. The molecule has 19 heavy (non-hydrogen) atoms. The third-order valence-corrected chi connectivity index (χ3v) is 2.70. The van der Waals surface area contributed by atoms with Crippen LogP contribution in [-0.4, -0.2) is 0 Å². The topological polar surface area (TPSA) is 35.2 Å². The van der Waals surface area contributed by atoms with Crippen LogP contribution in [-0.2, 0) is 6.61 Å². The molecule has 6 heteroatoms. The Morgan fingerprint density at radius 2 is 1.84 bits per heavy atom. The van der Waals surface area contributed by atoms with Gasteiger partial charge >= 0.3 is 0 Å². The van der Waals surface area contributed by atoms with E-state index in [4.69, 9.17) is 22.1 Å². The molecule has 0 aliphatic heterocycles. The van der Waals surface area contributed by atoms with Gasteiger partial charge < -0.3 is 10.5 Å². The molecule has 0 atom stereocenters. The fourth-order valence-electron chi connectivity index (χ4n) is 1.50. The van der Waals surface area contributed by atoms with Gasteiger partial charge in [-0.25, -0.2) is 13.2 Å². The number of hydrogen-bond acceptors (Lipinski definition) is 2. The molecule has 0 saturated heterocycles. The fourth-order valence-corrected chi connectivity index (χ4v) is 1.75. The second-order valence-electron chi connectivity index (χ2n) is 3.84. The minimum atomic E-state index is -1.26. The lowest BCUT2D eigenvalue weighted by molar-refractivity contribution is 0.296. The molecule has 0 aliphatic carbocycles. The smallest absolute Gasteiger partial charge is 0.165 e. The number of hydrogen-bond donors (Lipinski definition) is 1. The van der Waals surface area contributed by atoms with Gasteiger partial charge in [0.25, 0.3) is 0 Å². The van der Waals surface area contributed by atoms with E-state index < -0.39 is 17.5 Å². The van der Waals surface area contributed by atoms with Gasteiger partial charge in [0.15, 0.2) is 11.6 Å². The maximum absolute atomic E-state index is 13.4. The number of nitrogen functional groups attached to an aromatic ring is 1. The lowest BCUT2D eigenvalue weighted by Crippen LogP contribution is -2.02. The SMILES string of the molecule is Nc1ccc(OCc2cc(F)cc(F)c2F)c(Cl)c1. The van der Waals surface area contributed by atoms with Crippen molar-refractivity contribution >= 4 is 17.3 Å². The van der Waals surface area contributed by atoms with E-state index in [-0.39, 0.29) is 22.9 Å². The Balaban J connectivity index is 2.19. The third-order valence-electron chi connectivity index (χ3n) is 2.41. The van der Waals surface area contributed by atoms with Crippen LogP contribution in [0.15, 0.2) is 30.3 Å².